The van der Waals surface area contributed by atoms with Crippen molar-refractivity contribution in [2.45, 2.75) is 31.3 Å². The number of nitrogens with zero attached hydrogens (tertiary/aromatic N) is 1. The van der Waals surface area contributed by atoms with Gasteiger partial charge in [0.1, 0.15) is 29.2 Å². The van der Waals surface area contributed by atoms with Crippen molar-refractivity contribution in [1.82, 2.24) is 0 Å². The number of carbonyl (C=O) groups is 1. The smallest absolute Gasteiger partial charge is 0.304 e. The number of fused-ring (bicyclic) bond motifs is 2. The monoisotopic (exact) mass is 475 g/mol. The maximum absolute atomic E-state index is 14.9. The predicted molar refractivity (Wildman–Crippen MR) is 123 cm³/mol. The fraction of sp³-hybridized carbons (Fsp3) is 0.259. The van der Waals surface area contributed by atoms with E-state index in [0.29, 0.717) is 59.3 Å². The van der Waals surface area contributed by atoms with Gasteiger partial charge < -0.3 is 24.1 Å². The van der Waals surface area contributed by atoms with Gasteiger partial charge in [0.15, 0.2) is 11.5 Å². The third-order valence-corrected chi connectivity index (χ3v) is 6.32. The summed E-state index contributed by atoms with van der Waals surface area (Å²) in [5.41, 5.74) is 2.45. The van der Waals surface area contributed by atoms with E-state index in [0.717, 1.165) is 11.1 Å². The van der Waals surface area contributed by atoms with E-state index in [1.165, 1.54) is 13.2 Å². The minimum atomic E-state index is -0.874. The molecule has 0 saturated carbocycles. The zero-order valence-electron chi connectivity index (χ0n) is 18.9. The standard InChI is InChI=1S/C27H22FNO6/c1-32-25-10-15(13-29)2-7-22(25)35-21-9-6-20(28)27-19(21)5-8-23(27)34-17-3-4-18-16(11-26(30)31)14-33-24(18)12-17/h2-4,6-7,9-10,12,16,23H,5,8,11,14H2,1H3,(H,30,31)/t16-,23-/m1/s1. The lowest BCUT2D eigenvalue weighted by Gasteiger charge is -2.18. The molecule has 0 bridgehead atoms. The first-order valence-electron chi connectivity index (χ1n) is 11.2. The zero-order chi connectivity index (χ0) is 24.5. The number of hydrogen-bond acceptors (Lipinski definition) is 6. The van der Waals surface area contributed by atoms with Crippen molar-refractivity contribution in [3.8, 4) is 34.8 Å². The van der Waals surface area contributed by atoms with Crippen molar-refractivity contribution in [3.63, 3.8) is 0 Å². The first-order chi connectivity index (χ1) is 17.0. The molecule has 3 aromatic carbocycles. The van der Waals surface area contributed by atoms with E-state index in [-0.39, 0.29) is 18.2 Å². The highest BCUT2D eigenvalue weighted by molar-refractivity contribution is 5.69. The van der Waals surface area contributed by atoms with Gasteiger partial charge in [0.05, 0.1) is 31.8 Å². The van der Waals surface area contributed by atoms with Crippen LogP contribution in [-0.4, -0.2) is 24.8 Å². The van der Waals surface area contributed by atoms with Gasteiger partial charge in [0.25, 0.3) is 0 Å². The summed E-state index contributed by atoms with van der Waals surface area (Å²) < 4.78 is 38.2. The molecule has 7 nitrogen and oxygen atoms in total. The van der Waals surface area contributed by atoms with Crippen LogP contribution in [0.1, 0.15) is 47.1 Å². The van der Waals surface area contributed by atoms with Crippen LogP contribution in [-0.2, 0) is 11.2 Å². The number of rotatable bonds is 7. The molecule has 35 heavy (non-hydrogen) atoms. The van der Waals surface area contributed by atoms with Gasteiger partial charge in [-0.2, -0.15) is 5.26 Å². The normalized spacial score (nSPS) is 17.6. The van der Waals surface area contributed by atoms with E-state index in [2.05, 4.69) is 6.07 Å². The number of carboxylic acids is 1. The van der Waals surface area contributed by atoms with Gasteiger partial charge in [-0.05, 0) is 43.2 Å². The number of nitriles is 1. The quantitative estimate of drug-likeness (QED) is 0.481. The van der Waals surface area contributed by atoms with E-state index in [1.54, 1.807) is 36.4 Å². The molecule has 1 aliphatic heterocycles. The van der Waals surface area contributed by atoms with Crippen molar-refractivity contribution in [3.05, 3.63) is 76.6 Å². The Balaban J connectivity index is 1.39. The van der Waals surface area contributed by atoms with E-state index in [4.69, 9.17) is 29.3 Å². The summed E-state index contributed by atoms with van der Waals surface area (Å²) in [6.45, 7) is 0.311. The molecule has 0 saturated heterocycles. The average molecular weight is 475 g/mol. The zero-order valence-corrected chi connectivity index (χ0v) is 18.9. The number of benzene rings is 3. The van der Waals surface area contributed by atoms with E-state index in [1.807, 2.05) is 6.07 Å². The first-order valence-corrected chi connectivity index (χ1v) is 11.2. The molecule has 0 unspecified atom stereocenters. The van der Waals surface area contributed by atoms with Crippen LogP contribution in [0.15, 0.2) is 48.5 Å². The molecule has 0 amide bonds. The minimum Gasteiger partial charge on any atom is -0.493 e. The van der Waals surface area contributed by atoms with Crippen molar-refractivity contribution in [2.24, 2.45) is 0 Å². The van der Waals surface area contributed by atoms with Crippen molar-refractivity contribution in [2.75, 3.05) is 13.7 Å². The molecule has 3 aromatic rings. The summed E-state index contributed by atoms with van der Waals surface area (Å²) in [7, 11) is 1.49. The Morgan fingerprint density at radius 3 is 2.77 bits per heavy atom. The highest BCUT2D eigenvalue weighted by Gasteiger charge is 2.32. The molecule has 0 radical (unpaired) electrons. The number of hydrogen-bond donors (Lipinski definition) is 1. The number of carboxylic acid groups (broad SMARTS) is 1. The Labute approximate surface area is 201 Å². The van der Waals surface area contributed by atoms with E-state index in [9.17, 15) is 9.18 Å². The summed E-state index contributed by atoms with van der Waals surface area (Å²) >= 11 is 0. The lowest BCUT2D eigenvalue weighted by Crippen LogP contribution is -2.07. The molecule has 0 aromatic heterocycles. The predicted octanol–water partition coefficient (Wildman–Crippen LogP) is 5.52. The van der Waals surface area contributed by atoms with Crippen LogP contribution >= 0.6 is 0 Å². The fourth-order valence-corrected chi connectivity index (χ4v) is 4.67. The van der Waals surface area contributed by atoms with Crippen LogP contribution in [0.2, 0.25) is 0 Å². The summed E-state index contributed by atoms with van der Waals surface area (Å²) in [4.78, 5) is 11.1. The Hall–Kier alpha value is -4.25. The molecule has 0 fully saturated rings. The number of ether oxygens (including phenoxy) is 4. The SMILES string of the molecule is COc1cc(C#N)ccc1Oc1ccc(F)c2c1CC[C@H]2Oc1ccc2c(c1)OC[C@H]2CC(=O)O. The van der Waals surface area contributed by atoms with Gasteiger partial charge >= 0.3 is 5.97 Å². The highest BCUT2D eigenvalue weighted by Crippen LogP contribution is 2.45. The molecular formula is C27H22FNO6. The van der Waals surface area contributed by atoms with Crippen molar-refractivity contribution < 1.29 is 33.2 Å². The topological polar surface area (TPSA) is 98.0 Å². The Morgan fingerprint density at radius 1 is 1.17 bits per heavy atom. The molecule has 5 rings (SSSR count). The van der Waals surface area contributed by atoms with Crippen LogP contribution in [0, 0.1) is 17.1 Å². The molecule has 178 valence electrons. The molecule has 2 aliphatic rings. The second-order valence-corrected chi connectivity index (χ2v) is 8.47. The van der Waals surface area contributed by atoms with Crippen molar-refractivity contribution in [1.29, 1.82) is 5.26 Å². The highest BCUT2D eigenvalue weighted by atomic mass is 19.1. The summed E-state index contributed by atoms with van der Waals surface area (Å²) in [5, 5.41) is 18.2. The average Bonchev–Trinajstić information content (AvgIpc) is 3.45. The summed E-state index contributed by atoms with van der Waals surface area (Å²) in [6.07, 6.45) is 0.622. The van der Waals surface area contributed by atoms with Crippen LogP contribution in [0.3, 0.4) is 0 Å². The van der Waals surface area contributed by atoms with Gasteiger partial charge in [-0.1, -0.05) is 6.07 Å². The molecule has 1 aliphatic carbocycles. The maximum Gasteiger partial charge on any atom is 0.304 e. The summed E-state index contributed by atoms with van der Waals surface area (Å²) in [6, 6.07) is 15.2. The molecule has 1 N–H and O–H groups in total. The van der Waals surface area contributed by atoms with Gasteiger partial charge in [0, 0.05) is 34.7 Å². The first kappa shape index (κ1) is 22.5. The largest absolute Gasteiger partial charge is 0.493 e. The molecule has 8 heteroatoms. The second kappa shape index (κ2) is 9.18. The van der Waals surface area contributed by atoms with Gasteiger partial charge in [0.2, 0.25) is 0 Å². The van der Waals surface area contributed by atoms with Gasteiger partial charge in [-0.3, -0.25) is 4.79 Å². The summed E-state index contributed by atoms with van der Waals surface area (Å²) in [5.74, 6) is 1.02. The Kier molecular flexibility index (Phi) is 5.91. The third kappa shape index (κ3) is 4.33. The second-order valence-electron chi connectivity index (χ2n) is 8.47. The molecule has 0 spiro atoms. The van der Waals surface area contributed by atoms with Crippen molar-refractivity contribution >= 4 is 5.97 Å². The minimum absolute atomic E-state index is 0.00121. The number of halogens is 1. The van der Waals surface area contributed by atoms with E-state index >= 15 is 0 Å². The number of methoxy groups -OCH3 is 1. The number of aliphatic carboxylic acids is 1. The van der Waals surface area contributed by atoms with Gasteiger partial charge in [-0.25, -0.2) is 4.39 Å². The lowest BCUT2D eigenvalue weighted by molar-refractivity contribution is -0.137. The molecular weight excluding hydrogens is 453 g/mol. The van der Waals surface area contributed by atoms with Gasteiger partial charge in [-0.15, -0.1) is 0 Å². The van der Waals surface area contributed by atoms with Crippen LogP contribution < -0.4 is 18.9 Å². The van der Waals surface area contributed by atoms with Crippen LogP contribution in [0.4, 0.5) is 4.39 Å². The molecule has 2 atom stereocenters. The molecule has 1 heterocycles. The lowest BCUT2D eigenvalue weighted by atomic mass is 9.98. The Bertz CT molecular complexity index is 1350. The van der Waals surface area contributed by atoms with Crippen LogP contribution in [0.5, 0.6) is 28.7 Å². The Morgan fingerprint density at radius 2 is 2.00 bits per heavy atom. The van der Waals surface area contributed by atoms with E-state index < -0.39 is 12.1 Å². The maximum atomic E-state index is 14.9. The van der Waals surface area contributed by atoms with Crippen LogP contribution in [0.25, 0.3) is 0 Å². The fourth-order valence-electron chi connectivity index (χ4n) is 4.67. The third-order valence-electron chi connectivity index (χ3n) is 6.32.